The van der Waals surface area contributed by atoms with Gasteiger partial charge in [-0.1, -0.05) is 6.92 Å². The van der Waals surface area contributed by atoms with Crippen molar-refractivity contribution in [3.05, 3.63) is 34.3 Å². The van der Waals surface area contributed by atoms with Crippen molar-refractivity contribution in [3.63, 3.8) is 0 Å². The molecule has 0 spiro atoms. The molecule has 0 aromatic carbocycles. The van der Waals surface area contributed by atoms with E-state index in [9.17, 15) is 0 Å². The van der Waals surface area contributed by atoms with Gasteiger partial charge in [0.1, 0.15) is 5.82 Å². The van der Waals surface area contributed by atoms with Gasteiger partial charge >= 0.3 is 0 Å². The van der Waals surface area contributed by atoms with E-state index in [1.165, 1.54) is 10.6 Å². The van der Waals surface area contributed by atoms with Crippen LogP contribution in [0.4, 0.5) is 0 Å². The molecule has 0 aliphatic heterocycles. The zero-order valence-corrected chi connectivity index (χ0v) is 11.1. The van der Waals surface area contributed by atoms with Gasteiger partial charge < -0.3 is 9.88 Å². The molecule has 0 amide bonds. The molecule has 0 aliphatic carbocycles. The maximum atomic E-state index is 4.38. The summed E-state index contributed by atoms with van der Waals surface area (Å²) in [6.07, 6.45) is 5.04. The van der Waals surface area contributed by atoms with Gasteiger partial charge in [0.2, 0.25) is 0 Å². The lowest BCUT2D eigenvalue weighted by molar-refractivity contribution is 0.625. The number of aryl methyl sites for hydroxylation is 1. The van der Waals surface area contributed by atoms with Gasteiger partial charge in [-0.3, -0.25) is 4.98 Å². The fourth-order valence-electron chi connectivity index (χ4n) is 1.74. The van der Waals surface area contributed by atoms with Crippen LogP contribution in [0.3, 0.4) is 0 Å². The molecule has 0 bridgehead atoms. The lowest BCUT2D eigenvalue weighted by atomic mass is 10.4. The van der Waals surface area contributed by atoms with Crippen LogP contribution in [0.1, 0.15) is 29.7 Å². The molecule has 0 radical (unpaired) electrons. The van der Waals surface area contributed by atoms with Crippen LogP contribution in [0, 0.1) is 6.92 Å². The second kappa shape index (κ2) is 5.93. The van der Waals surface area contributed by atoms with Crippen LogP contribution in [0.5, 0.6) is 0 Å². The maximum absolute atomic E-state index is 4.38. The number of imidazole rings is 1. The molecule has 92 valence electrons. The minimum absolute atomic E-state index is 0.875. The monoisotopic (exact) mass is 250 g/mol. The van der Waals surface area contributed by atoms with Gasteiger partial charge in [-0.25, -0.2) is 4.98 Å². The Morgan fingerprint density at radius 3 is 3.00 bits per heavy atom. The number of thiazole rings is 1. The third kappa shape index (κ3) is 3.14. The quantitative estimate of drug-likeness (QED) is 0.799. The van der Waals surface area contributed by atoms with E-state index in [-0.39, 0.29) is 0 Å². The molecule has 17 heavy (non-hydrogen) atoms. The van der Waals surface area contributed by atoms with Crippen LogP contribution in [-0.2, 0) is 13.1 Å². The van der Waals surface area contributed by atoms with E-state index in [0.29, 0.717) is 0 Å². The summed E-state index contributed by atoms with van der Waals surface area (Å²) in [5.41, 5.74) is 3.11. The summed E-state index contributed by atoms with van der Waals surface area (Å²) in [4.78, 5) is 9.76. The summed E-state index contributed by atoms with van der Waals surface area (Å²) in [6, 6.07) is 0. The van der Waals surface area contributed by atoms with Gasteiger partial charge in [0.25, 0.3) is 0 Å². The van der Waals surface area contributed by atoms with Crippen molar-refractivity contribution >= 4 is 11.3 Å². The van der Waals surface area contributed by atoms with Crippen molar-refractivity contribution in [2.24, 2.45) is 0 Å². The minimum atomic E-state index is 0.875. The summed E-state index contributed by atoms with van der Waals surface area (Å²) >= 11 is 1.69. The first kappa shape index (κ1) is 12.3. The summed E-state index contributed by atoms with van der Waals surface area (Å²) in [7, 11) is 0. The number of nitrogens with zero attached hydrogens (tertiary/aromatic N) is 3. The zero-order chi connectivity index (χ0) is 12.1. The largest absolute Gasteiger partial charge is 0.326 e. The molecular weight excluding hydrogens is 232 g/mol. The van der Waals surface area contributed by atoms with Crippen LogP contribution in [0.25, 0.3) is 0 Å². The third-order valence-electron chi connectivity index (χ3n) is 2.67. The van der Waals surface area contributed by atoms with E-state index >= 15 is 0 Å². The van der Waals surface area contributed by atoms with Crippen molar-refractivity contribution < 1.29 is 0 Å². The SMILES string of the molecule is CCCNCc1cnc(C)n1Cc1cncs1. The van der Waals surface area contributed by atoms with Gasteiger partial charge in [0, 0.05) is 23.8 Å². The summed E-state index contributed by atoms with van der Waals surface area (Å²) in [6.45, 7) is 7.02. The van der Waals surface area contributed by atoms with Crippen LogP contribution in [-0.4, -0.2) is 21.1 Å². The Bertz CT molecular complexity index is 447. The predicted octanol–water partition coefficient (Wildman–Crippen LogP) is 2.20. The van der Waals surface area contributed by atoms with E-state index < -0.39 is 0 Å². The predicted molar refractivity (Wildman–Crippen MR) is 70.2 cm³/mol. The van der Waals surface area contributed by atoms with E-state index in [4.69, 9.17) is 0 Å². The van der Waals surface area contributed by atoms with E-state index in [1.807, 2.05) is 24.8 Å². The Hall–Kier alpha value is -1.20. The standard InChI is InChI=1S/C12H18N4S/c1-3-4-13-5-11-6-15-10(2)16(11)8-12-7-14-9-17-12/h6-7,9,13H,3-5,8H2,1-2H3. The lowest BCUT2D eigenvalue weighted by Gasteiger charge is -2.09. The molecule has 2 rings (SSSR count). The van der Waals surface area contributed by atoms with Crippen LogP contribution >= 0.6 is 11.3 Å². The van der Waals surface area contributed by atoms with Crippen molar-refractivity contribution in [2.75, 3.05) is 6.54 Å². The summed E-state index contributed by atoms with van der Waals surface area (Å²) < 4.78 is 2.25. The highest BCUT2D eigenvalue weighted by Gasteiger charge is 2.07. The first-order valence-electron chi connectivity index (χ1n) is 5.90. The Morgan fingerprint density at radius 1 is 1.41 bits per heavy atom. The van der Waals surface area contributed by atoms with Gasteiger partial charge in [0.05, 0.1) is 17.7 Å². The molecule has 5 heteroatoms. The molecule has 2 aromatic rings. The molecule has 0 saturated heterocycles. The smallest absolute Gasteiger partial charge is 0.106 e. The van der Waals surface area contributed by atoms with Crippen molar-refractivity contribution in [1.29, 1.82) is 0 Å². The molecule has 0 fully saturated rings. The molecule has 4 nitrogen and oxygen atoms in total. The summed E-state index contributed by atoms with van der Waals surface area (Å²) in [5.74, 6) is 1.06. The Labute approximate surface area is 106 Å². The average molecular weight is 250 g/mol. The minimum Gasteiger partial charge on any atom is -0.326 e. The number of hydrogen-bond acceptors (Lipinski definition) is 4. The van der Waals surface area contributed by atoms with Gasteiger partial charge in [-0.2, -0.15) is 0 Å². The number of nitrogens with one attached hydrogen (secondary N) is 1. The highest BCUT2D eigenvalue weighted by molar-refractivity contribution is 7.09. The molecule has 2 heterocycles. The van der Waals surface area contributed by atoms with Crippen LogP contribution in [0.15, 0.2) is 17.9 Å². The van der Waals surface area contributed by atoms with E-state index in [1.54, 1.807) is 11.3 Å². The van der Waals surface area contributed by atoms with Gasteiger partial charge in [-0.15, -0.1) is 11.3 Å². The zero-order valence-electron chi connectivity index (χ0n) is 10.3. The number of hydrogen-bond donors (Lipinski definition) is 1. The number of aromatic nitrogens is 3. The highest BCUT2D eigenvalue weighted by atomic mass is 32.1. The van der Waals surface area contributed by atoms with E-state index in [2.05, 4.69) is 26.8 Å². The first-order valence-corrected chi connectivity index (χ1v) is 6.78. The third-order valence-corrected chi connectivity index (χ3v) is 3.43. The van der Waals surface area contributed by atoms with Gasteiger partial charge in [-0.05, 0) is 19.9 Å². The fourth-order valence-corrected chi connectivity index (χ4v) is 2.32. The molecule has 0 aliphatic rings. The highest BCUT2D eigenvalue weighted by Crippen LogP contribution is 2.12. The molecule has 2 aromatic heterocycles. The van der Waals surface area contributed by atoms with Gasteiger partial charge in [0.15, 0.2) is 0 Å². The average Bonchev–Trinajstić information content (AvgIpc) is 2.94. The van der Waals surface area contributed by atoms with Crippen LogP contribution < -0.4 is 5.32 Å². The second-order valence-electron chi connectivity index (χ2n) is 4.03. The topological polar surface area (TPSA) is 42.7 Å². The first-order chi connectivity index (χ1) is 8.31. The molecule has 0 saturated carbocycles. The number of rotatable bonds is 6. The van der Waals surface area contributed by atoms with Crippen molar-refractivity contribution in [1.82, 2.24) is 19.9 Å². The van der Waals surface area contributed by atoms with Crippen molar-refractivity contribution in [3.8, 4) is 0 Å². The Morgan fingerprint density at radius 2 is 2.29 bits per heavy atom. The van der Waals surface area contributed by atoms with E-state index in [0.717, 1.165) is 31.9 Å². The molecular formula is C12H18N4S. The summed E-state index contributed by atoms with van der Waals surface area (Å²) in [5, 5.41) is 3.41. The Kier molecular flexibility index (Phi) is 4.28. The normalized spacial score (nSPS) is 10.9. The van der Waals surface area contributed by atoms with Crippen molar-refractivity contribution in [2.45, 2.75) is 33.4 Å². The Balaban J connectivity index is 2.06. The maximum Gasteiger partial charge on any atom is 0.106 e. The molecule has 1 N–H and O–H groups in total. The molecule has 0 atom stereocenters. The van der Waals surface area contributed by atoms with Crippen LogP contribution in [0.2, 0.25) is 0 Å². The lowest BCUT2D eigenvalue weighted by Crippen LogP contribution is -2.17. The fraction of sp³-hybridized carbons (Fsp3) is 0.500. The second-order valence-corrected chi connectivity index (χ2v) is 5.00. The molecule has 0 unspecified atom stereocenters.